The van der Waals surface area contributed by atoms with Gasteiger partial charge in [0.15, 0.2) is 0 Å². The first-order valence-corrected chi connectivity index (χ1v) is 7.37. The van der Waals surface area contributed by atoms with E-state index in [-0.39, 0.29) is 11.5 Å². The van der Waals surface area contributed by atoms with Crippen molar-refractivity contribution in [1.29, 1.82) is 0 Å². The van der Waals surface area contributed by atoms with Crippen LogP contribution < -0.4 is 0 Å². The first-order chi connectivity index (χ1) is 10.7. The Labute approximate surface area is 128 Å². The maximum absolute atomic E-state index is 12.3. The molecule has 4 rings (SSSR count). The highest BCUT2D eigenvalue weighted by Gasteiger charge is 2.49. The largest absolute Gasteiger partial charge is 0.465 e. The highest BCUT2D eigenvalue weighted by Crippen LogP contribution is 2.59. The summed E-state index contributed by atoms with van der Waals surface area (Å²) in [5.41, 5.74) is 2.72. The van der Waals surface area contributed by atoms with Crippen LogP contribution in [0.4, 0.5) is 0 Å². The molecule has 4 nitrogen and oxygen atoms in total. The number of hydrogen-bond donors (Lipinski definition) is 0. The van der Waals surface area contributed by atoms with Gasteiger partial charge in [-0.2, -0.15) is 0 Å². The van der Waals surface area contributed by atoms with Gasteiger partial charge in [0.25, 0.3) is 0 Å². The minimum atomic E-state index is -0.505. The van der Waals surface area contributed by atoms with Crippen molar-refractivity contribution in [2.24, 2.45) is 11.8 Å². The highest BCUT2D eigenvalue weighted by molar-refractivity contribution is 6.05. The third kappa shape index (κ3) is 1.52. The molecule has 0 N–H and O–H groups in total. The summed E-state index contributed by atoms with van der Waals surface area (Å²) in [7, 11) is 2.66. The summed E-state index contributed by atoms with van der Waals surface area (Å²) in [6.45, 7) is 0. The van der Waals surface area contributed by atoms with Crippen molar-refractivity contribution < 1.29 is 19.1 Å². The summed E-state index contributed by atoms with van der Waals surface area (Å²) in [5, 5.41) is 0. The molecule has 0 amide bonds. The van der Waals surface area contributed by atoms with Crippen molar-refractivity contribution in [3.8, 4) is 0 Å². The number of methoxy groups -OCH3 is 2. The van der Waals surface area contributed by atoms with Crippen molar-refractivity contribution in [3.05, 3.63) is 58.7 Å². The molecule has 0 aromatic heterocycles. The molecule has 0 saturated carbocycles. The Balaban J connectivity index is 1.97. The second kappa shape index (κ2) is 4.57. The molecule has 0 saturated heterocycles. The summed E-state index contributed by atoms with van der Waals surface area (Å²) < 4.78 is 9.76. The second-order valence-electron chi connectivity index (χ2n) is 5.95. The van der Waals surface area contributed by atoms with Gasteiger partial charge < -0.3 is 9.47 Å². The third-order valence-corrected chi connectivity index (χ3v) is 5.12. The Morgan fingerprint density at radius 1 is 0.909 bits per heavy atom. The number of ether oxygens (including phenoxy) is 2. The van der Waals surface area contributed by atoms with E-state index in [0.29, 0.717) is 23.3 Å². The van der Waals surface area contributed by atoms with E-state index in [9.17, 15) is 9.59 Å². The zero-order valence-corrected chi connectivity index (χ0v) is 12.4. The molecule has 1 aromatic carbocycles. The van der Waals surface area contributed by atoms with Gasteiger partial charge in [0, 0.05) is 11.8 Å². The number of carbonyl (C=O) groups excluding carboxylic acids is 2. The van der Waals surface area contributed by atoms with Gasteiger partial charge >= 0.3 is 11.9 Å². The van der Waals surface area contributed by atoms with Crippen molar-refractivity contribution in [2.75, 3.05) is 14.2 Å². The van der Waals surface area contributed by atoms with Crippen LogP contribution in [-0.2, 0) is 9.47 Å². The number of esters is 2. The lowest BCUT2D eigenvalue weighted by Gasteiger charge is -2.16. The predicted octanol–water partition coefficient (Wildman–Crippen LogP) is 2.81. The minimum absolute atomic E-state index is 0.165. The standard InChI is InChI=1S/C18H16O4/c1-21-17(19)13-8-7-11-10-5-3-9-4-6-12(14(9)10)15(11)16(13)18(20)22-2/h3-10,12,14H,1-2H3/t9-,10-,12+,14-/m1/s1. The molecule has 3 aliphatic carbocycles. The van der Waals surface area contributed by atoms with Crippen LogP contribution in [0.1, 0.15) is 43.7 Å². The van der Waals surface area contributed by atoms with E-state index in [2.05, 4.69) is 24.3 Å². The Morgan fingerprint density at radius 3 is 2.27 bits per heavy atom. The molecule has 22 heavy (non-hydrogen) atoms. The fraction of sp³-hybridized carbons (Fsp3) is 0.333. The number of rotatable bonds is 2. The summed E-state index contributed by atoms with van der Waals surface area (Å²) in [5.74, 6) is 0.363. The fourth-order valence-corrected chi connectivity index (χ4v) is 4.26. The molecular weight excluding hydrogens is 280 g/mol. The smallest absolute Gasteiger partial charge is 0.339 e. The molecule has 4 atom stereocenters. The Morgan fingerprint density at radius 2 is 1.59 bits per heavy atom. The molecule has 0 unspecified atom stereocenters. The van der Waals surface area contributed by atoms with Crippen LogP contribution in [0.25, 0.3) is 0 Å². The molecule has 0 aliphatic heterocycles. The lowest BCUT2D eigenvalue weighted by molar-refractivity contribution is 0.0554. The number of allylic oxidation sites excluding steroid dienone is 4. The van der Waals surface area contributed by atoms with E-state index < -0.39 is 11.9 Å². The van der Waals surface area contributed by atoms with Gasteiger partial charge in [-0.3, -0.25) is 0 Å². The zero-order chi connectivity index (χ0) is 15.4. The van der Waals surface area contributed by atoms with Gasteiger partial charge in [0.1, 0.15) is 0 Å². The first kappa shape index (κ1) is 13.3. The monoisotopic (exact) mass is 296 g/mol. The van der Waals surface area contributed by atoms with Crippen LogP contribution in [0.15, 0.2) is 36.4 Å². The molecule has 1 aromatic rings. The third-order valence-electron chi connectivity index (χ3n) is 5.12. The van der Waals surface area contributed by atoms with Crippen molar-refractivity contribution in [1.82, 2.24) is 0 Å². The molecule has 3 aliphatic rings. The molecule has 0 fully saturated rings. The fourth-order valence-electron chi connectivity index (χ4n) is 4.26. The molecule has 0 heterocycles. The minimum Gasteiger partial charge on any atom is -0.465 e. The van der Waals surface area contributed by atoms with Gasteiger partial charge in [-0.25, -0.2) is 9.59 Å². The Bertz CT molecular complexity index is 744. The van der Waals surface area contributed by atoms with Crippen LogP contribution in [0.2, 0.25) is 0 Å². The summed E-state index contributed by atoms with van der Waals surface area (Å²) in [4.78, 5) is 24.4. The molecule has 4 heteroatoms. The van der Waals surface area contributed by atoms with E-state index in [4.69, 9.17) is 9.47 Å². The molecular formula is C18H16O4. The zero-order valence-electron chi connectivity index (χ0n) is 12.4. The van der Waals surface area contributed by atoms with Crippen LogP contribution in [0.3, 0.4) is 0 Å². The van der Waals surface area contributed by atoms with E-state index >= 15 is 0 Å². The van der Waals surface area contributed by atoms with Crippen LogP contribution >= 0.6 is 0 Å². The van der Waals surface area contributed by atoms with E-state index in [0.717, 1.165) is 11.1 Å². The number of carbonyl (C=O) groups is 2. The Kier molecular flexibility index (Phi) is 2.76. The van der Waals surface area contributed by atoms with Gasteiger partial charge in [-0.15, -0.1) is 0 Å². The van der Waals surface area contributed by atoms with Crippen molar-refractivity contribution in [2.45, 2.75) is 11.8 Å². The van der Waals surface area contributed by atoms with Crippen molar-refractivity contribution >= 4 is 11.9 Å². The summed E-state index contributed by atoms with van der Waals surface area (Å²) in [6.07, 6.45) is 8.81. The van der Waals surface area contributed by atoms with Gasteiger partial charge in [-0.1, -0.05) is 30.4 Å². The predicted molar refractivity (Wildman–Crippen MR) is 79.9 cm³/mol. The number of fused-ring (bicyclic) bond motifs is 3. The number of hydrogen-bond acceptors (Lipinski definition) is 4. The van der Waals surface area contributed by atoms with Gasteiger partial charge in [-0.05, 0) is 29.0 Å². The molecule has 0 bridgehead atoms. The molecule has 0 spiro atoms. The maximum atomic E-state index is 12.3. The Hall–Kier alpha value is -2.36. The van der Waals surface area contributed by atoms with Crippen molar-refractivity contribution in [3.63, 3.8) is 0 Å². The topological polar surface area (TPSA) is 52.6 Å². The van der Waals surface area contributed by atoms with Gasteiger partial charge in [0.05, 0.1) is 25.3 Å². The lowest BCUT2D eigenvalue weighted by Crippen LogP contribution is -2.16. The summed E-state index contributed by atoms with van der Waals surface area (Å²) >= 11 is 0. The number of benzene rings is 1. The van der Waals surface area contributed by atoms with E-state index in [1.54, 1.807) is 6.07 Å². The maximum Gasteiger partial charge on any atom is 0.339 e. The SMILES string of the molecule is COC(=O)c1ccc2c(c1C(=O)OC)[C@H]1C=C[C@H]3C=C[C@H]2[C@@H]31. The molecule has 112 valence electrons. The van der Waals surface area contributed by atoms with Crippen LogP contribution in [-0.4, -0.2) is 26.2 Å². The highest BCUT2D eigenvalue weighted by atomic mass is 16.5. The second-order valence-corrected chi connectivity index (χ2v) is 5.95. The first-order valence-electron chi connectivity index (χ1n) is 7.37. The van der Waals surface area contributed by atoms with Crippen LogP contribution in [0.5, 0.6) is 0 Å². The van der Waals surface area contributed by atoms with Gasteiger partial charge in [0.2, 0.25) is 0 Å². The quantitative estimate of drug-likeness (QED) is 0.622. The summed E-state index contributed by atoms with van der Waals surface area (Å²) in [6, 6.07) is 3.64. The lowest BCUT2D eigenvalue weighted by atomic mass is 9.87. The average molecular weight is 296 g/mol. The van der Waals surface area contributed by atoms with E-state index in [1.165, 1.54) is 14.2 Å². The average Bonchev–Trinajstić information content (AvgIpc) is 3.21. The molecule has 0 radical (unpaired) electrons. The normalized spacial score (nSPS) is 29.4. The van der Waals surface area contributed by atoms with Crippen LogP contribution in [0, 0.1) is 11.8 Å². The van der Waals surface area contributed by atoms with E-state index in [1.807, 2.05) is 6.07 Å².